The average molecular weight is 387 g/mol. The molecule has 0 atom stereocenters. The number of nitrogens with zero attached hydrogens (tertiary/aromatic N) is 2. The molecule has 0 aromatic heterocycles. The van der Waals surface area contributed by atoms with Crippen LogP contribution in [0, 0.1) is 0 Å². The number of carbonyl (C=O) groups excluding carboxylic acids is 3. The predicted octanol–water partition coefficient (Wildman–Crippen LogP) is 2.02. The number of imide groups is 1. The number of amides is 3. The zero-order valence-corrected chi connectivity index (χ0v) is 16.5. The van der Waals surface area contributed by atoms with Gasteiger partial charge in [0.05, 0.1) is 13.2 Å². The summed E-state index contributed by atoms with van der Waals surface area (Å²) in [5.41, 5.74) is 2.60. The number of likely N-dealkylation sites (N-methyl/N-ethyl adjacent to an activating group) is 1. The van der Waals surface area contributed by atoms with Crippen LogP contribution in [0.2, 0.25) is 0 Å². The summed E-state index contributed by atoms with van der Waals surface area (Å²) in [5, 5.41) is 0. The third kappa shape index (κ3) is 4.59. The van der Waals surface area contributed by atoms with E-state index in [1.165, 1.54) is 6.42 Å². The van der Waals surface area contributed by atoms with Crippen LogP contribution in [0.4, 0.5) is 0 Å². The van der Waals surface area contributed by atoms with Crippen LogP contribution in [0.5, 0.6) is 0 Å². The van der Waals surface area contributed by atoms with Crippen molar-refractivity contribution in [3.8, 4) is 0 Å². The third-order valence-corrected chi connectivity index (χ3v) is 5.80. The monoisotopic (exact) mass is 387 g/mol. The number of benzene rings is 1. The topological polar surface area (TPSA) is 79.0 Å². The quantitative estimate of drug-likeness (QED) is 0.618. The predicted molar refractivity (Wildman–Crippen MR) is 104 cm³/mol. The zero-order chi connectivity index (χ0) is 20.0. The van der Waals surface area contributed by atoms with Crippen molar-refractivity contribution in [2.45, 2.75) is 57.1 Å². The highest BCUT2D eigenvalue weighted by atomic mass is 16.6. The summed E-state index contributed by atoms with van der Waals surface area (Å²) >= 11 is 0. The highest BCUT2D eigenvalue weighted by Crippen LogP contribution is 2.35. The van der Waals surface area contributed by atoms with Crippen LogP contribution < -0.4 is 5.48 Å². The van der Waals surface area contributed by atoms with E-state index < -0.39 is 11.4 Å². The molecule has 2 aliphatic rings. The minimum atomic E-state index is -0.667. The van der Waals surface area contributed by atoms with Crippen molar-refractivity contribution < 1.29 is 19.2 Å². The van der Waals surface area contributed by atoms with Gasteiger partial charge in [0.2, 0.25) is 11.8 Å². The first kappa shape index (κ1) is 20.5. The van der Waals surface area contributed by atoms with Crippen LogP contribution in [0.1, 0.15) is 50.5 Å². The Morgan fingerprint density at radius 3 is 2.39 bits per heavy atom. The molecule has 7 heteroatoms. The first-order valence-corrected chi connectivity index (χ1v) is 10.0. The van der Waals surface area contributed by atoms with Gasteiger partial charge < -0.3 is 0 Å². The zero-order valence-electron chi connectivity index (χ0n) is 16.5. The third-order valence-electron chi connectivity index (χ3n) is 5.80. The number of carbonyl (C=O) groups is 3. The number of nitrogens with one attached hydrogen (secondary N) is 1. The van der Waals surface area contributed by atoms with Gasteiger partial charge in [0.25, 0.3) is 5.91 Å². The van der Waals surface area contributed by atoms with E-state index in [4.69, 9.17) is 4.84 Å². The van der Waals surface area contributed by atoms with Gasteiger partial charge >= 0.3 is 0 Å². The summed E-state index contributed by atoms with van der Waals surface area (Å²) in [6.45, 7) is 0.0765. The molecule has 1 saturated heterocycles. The Bertz CT molecular complexity index is 699. The molecular weight excluding hydrogens is 358 g/mol. The fourth-order valence-corrected chi connectivity index (χ4v) is 4.16. The van der Waals surface area contributed by atoms with Crippen LogP contribution in [0.3, 0.4) is 0 Å². The summed E-state index contributed by atoms with van der Waals surface area (Å²) in [5.74, 6) is -1.08. The van der Waals surface area contributed by atoms with Crippen molar-refractivity contribution in [3.63, 3.8) is 0 Å². The summed E-state index contributed by atoms with van der Waals surface area (Å²) in [4.78, 5) is 46.2. The molecule has 0 radical (unpaired) electrons. The highest BCUT2D eigenvalue weighted by Gasteiger charge is 2.50. The Morgan fingerprint density at radius 2 is 1.71 bits per heavy atom. The van der Waals surface area contributed by atoms with Gasteiger partial charge in [0, 0.05) is 0 Å². The molecule has 1 spiro atoms. The molecule has 0 unspecified atom stereocenters. The minimum absolute atomic E-state index is 0.157. The Hall–Kier alpha value is -2.25. The molecule has 1 aliphatic heterocycles. The molecule has 1 heterocycles. The molecule has 28 heavy (non-hydrogen) atoms. The molecular formula is C21H29N3O4. The largest absolute Gasteiger partial charge is 0.283 e. The molecule has 1 aromatic rings. The molecule has 1 N–H and O–H groups in total. The fraction of sp³-hybridized carbons (Fsp3) is 0.571. The number of hydroxylamine groups is 1. The average Bonchev–Trinajstić information content (AvgIpc) is 2.65. The Kier molecular flexibility index (Phi) is 6.80. The molecule has 3 rings (SSSR count). The molecule has 1 aliphatic carbocycles. The molecule has 2 fully saturated rings. The maximum atomic E-state index is 13.3. The van der Waals surface area contributed by atoms with Crippen LogP contribution in [0.15, 0.2) is 30.3 Å². The normalized spacial score (nSPS) is 20.7. The van der Waals surface area contributed by atoms with E-state index in [0.717, 1.165) is 49.0 Å². The van der Waals surface area contributed by atoms with Gasteiger partial charge in [-0.2, -0.15) is 0 Å². The molecule has 152 valence electrons. The van der Waals surface area contributed by atoms with E-state index in [1.807, 2.05) is 42.3 Å². The molecule has 1 saturated carbocycles. The molecule has 1 aromatic carbocycles. The van der Waals surface area contributed by atoms with E-state index >= 15 is 0 Å². The number of hydrogen-bond acceptors (Lipinski definition) is 5. The lowest BCUT2D eigenvalue weighted by atomic mass is 9.80. The van der Waals surface area contributed by atoms with Gasteiger partial charge in [-0.25, -0.2) is 5.48 Å². The van der Waals surface area contributed by atoms with Gasteiger partial charge in [-0.3, -0.25) is 29.0 Å². The maximum absolute atomic E-state index is 13.3. The van der Waals surface area contributed by atoms with E-state index in [9.17, 15) is 14.4 Å². The summed E-state index contributed by atoms with van der Waals surface area (Å²) < 4.78 is 0. The molecule has 0 bridgehead atoms. The SMILES string of the molecule is CN1CC(=O)N(CC(=O)NOCc2ccccc2)C(=O)C12CCCCCCC2. The van der Waals surface area contributed by atoms with Gasteiger partial charge in [-0.05, 0) is 25.5 Å². The van der Waals surface area contributed by atoms with Gasteiger partial charge in [-0.15, -0.1) is 0 Å². The summed E-state index contributed by atoms with van der Waals surface area (Å²) in [7, 11) is 1.85. The second-order valence-electron chi connectivity index (χ2n) is 7.74. The van der Waals surface area contributed by atoms with Crippen molar-refractivity contribution in [1.29, 1.82) is 0 Å². The second kappa shape index (κ2) is 9.30. The lowest BCUT2D eigenvalue weighted by molar-refractivity contribution is -0.166. The van der Waals surface area contributed by atoms with Crippen LogP contribution in [-0.2, 0) is 25.8 Å². The van der Waals surface area contributed by atoms with Crippen molar-refractivity contribution in [2.24, 2.45) is 0 Å². The van der Waals surface area contributed by atoms with Crippen molar-refractivity contribution >= 4 is 17.7 Å². The lowest BCUT2D eigenvalue weighted by Gasteiger charge is -2.47. The second-order valence-corrected chi connectivity index (χ2v) is 7.74. The number of hydrogen-bond donors (Lipinski definition) is 1. The van der Waals surface area contributed by atoms with E-state index in [-0.39, 0.29) is 31.5 Å². The molecule has 7 nitrogen and oxygen atoms in total. The Balaban J connectivity index is 1.60. The highest BCUT2D eigenvalue weighted by molar-refractivity contribution is 6.05. The lowest BCUT2D eigenvalue weighted by Crippen LogP contribution is -2.67. The van der Waals surface area contributed by atoms with E-state index in [2.05, 4.69) is 5.48 Å². The maximum Gasteiger partial charge on any atom is 0.263 e. The van der Waals surface area contributed by atoms with Gasteiger partial charge in [-0.1, -0.05) is 62.4 Å². The van der Waals surface area contributed by atoms with Crippen molar-refractivity contribution in [2.75, 3.05) is 20.1 Å². The fourth-order valence-electron chi connectivity index (χ4n) is 4.16. The van der Waals surface area contributed by atoms with Crippen LogP contribution >= 0.6 is 0 Å². The van der Waals surface area contributed by atoms with Crippen molar-refractivity contribution in [1.82, 2.24) is 15.3 Å². The van der Waals surface area contributed by atoms with Gasteiger partial charge in [0.1, 0.15) is 12.1 Å². The Labute approximate surface area is 166 Å². The van der Waals surface area contributed by atoms with E-state index in [1.54, 1.807) is 0 Å². The first-order valence-electron chi connectivity index (χ1n) is 10.0. The van der Waals surface area contributed by atoms with Crippen LogP contribution in [-0.4, -0.2) is 53.2 Å². The first-order chi connectivity index (χ1) is 13.5. The van der Waals surface area contributed by atoms with Crippen molar-refractivity contribution in [3.05, 3.63) is 35.9 Å². The summed E-state index contributed by atoms with van der Waals surface area (Å²) in [6.07, 6.45) is 6.79. The van der Waals surface area contributed by atoms with Gasteiger partial charge in [0.15, 0.2) is 0 Å². The Morgan fingerprint density at radius 1 is 1.07 bits per heavy atom. The van der Waals surface area contributed by atoms with E-state index in [0.29, 0.717) is 0 Å². The molecule has 3 amide bonds. The number of piperazine rings is 1. The summed E-state index contributed by atoms with van der Waals surface area (Å²) in [6, 6.07) is 9.45. The smallest absolute Gasteiger partial charge is 0.263 e. The number of rotatable bonds is 5. The van der Waals surface area contributed by atoms with Crippen LogP contribution in [0.25, 0.3) is 0 Å². The standard InChI is InChI=1S/C21H29N3O4/c1-23-15-19(26)24(20(27)21(23)12-8-3-2-4-9-13-21)14-18(25)22-28-16-17-10-6-5-7-11-17/h5-7,10-11H,2-4,8-9,12-16H2,1H3,(H,22,25). The minimum Gasteiger partial charge on any atom is -0.283 e.